The van der Waals surface area contributed by atoms with E-state index in [-0.39, 0.29) is 24.3 Å². The minimum absolute atomic E-state index is 0.144. The molecular formula is C15H23FN2O2. The second-order valence-electron chi connectivity index (χ2n) is 5.38. The van der Waals surface area contributed by atoms with Gasteiger partial charge < -0.3 is 10.4 Å². The highest BCUT2D eigenvalue weighted by Gasteiger charge is 2.16. The van der Waals surface area contributed by atoms with Crippen molar-refractivity contribution < 1.29 is 14.3 Å². The van der Waals surface area contributed by atoms with Crippen LogP contribution < -0.4 is 5.32 Å². The summed E-state index contributed by atoms with van der Waals surface area (Å²) in [5.41, 5.74) is 0.986. The number of anilines is 1. The first kappa shape index (κ1) is 16.6. The van der Waals surface area contributed by atoms with Crippen molar-refractivity contribution >= 4 is 11.6 Å². The minimum Gasteiger partial charge on any atom is -0.392 e. The average molecular weight is 282 g/mol. The highest BCUT2D eigenvalue weighted by Crippen LogP contribution is 2.13. The molecule has 0 saturated carbocycles. The van der Waals surface area contributed by atoms with Crippen molar-refractivity contribution in [3.63, 3.8) is 0 Å². The normalized spacial score (nSPS) is 12.8. The number of aryl methyl sites for hydroxylation is 1. The van der Waals surface area contributed by atoms with Crippen molar-refractivity contribution in [3.05, 3.63) is 29.6 Å². The second kappa shape index (κ2) is 7.36. The molecule has 1 atom stereocenters. The molecule has 0 aliphatic rings. The Bertz CT molecular complexity index is 461. The molecule has 20 heavy (non-hydrogen) atoms. The number of benzene rings is 1. The van der Waals surface area contributed by atoms with Gasteiger partial charge in [-0.25, -0.2) is 4.39 Å². The van der Waals surface area contributed by atoms with Crippen molar-refractivity contribution in [3.8, 4) is 0 Å². The maximum absolute atomic E-state index is 13.4. The highest BCUT2D eigenvalue weighted by molar-refractivity contribution is 5.92. The molecule has 1 rings (SSSR count). The number of halogens is 1. The summed E-state index contributed by atoms with van der Waals surface area (Å²) in [7, 11) is 0. The van der Waals surface area contributed by atoms with E-state index in [4.69, 9.17) is 0 Å². The van der Waals surface area contributed by atoms with Crippen molar-refractivity contribution in [1.82, 2.24) is 4.90 Å². The highest BCUT2D eigenvalue weighted by atomic mass is 19.1. The number of hydrogen-bond donors (Lipinski definition) is 2. The van der Waals surface area contributed by atoms with Crippen LogP contribution in [0.2, 0.25) is 0 Å². The Morgan fingerprint density at radius 3 is 2.55 bits per heavy atom. The van der Waals surface area contributed by atoms with E-state index >= 15 is 0 Å². The van der Waals surface area contributed by atoms with E-state index in [0.717, 1.165) is 0 Å². The van der Waals surface area contributed by atoms with Gasteiger partial charge in [0.15, 0.2) is 0 Å². The van der Waals surface area contributed by atoms with Gasteiger partial charge in [-0.1, -0.05) is 6.07 Å². The monoisotopic (exact) mass is 282 g/mol. The van der Waals surface area contributed by atoms with Crippen LogP contribution in [0.5, 0.6) is 0 Å². The fourth-order valence-electron chi connectivity index (χ4n) is 1.85. The maximum atomic E-state index is 13.4. The van der Waals surface area contributed by atoms with Gasteiger partial charge in [0.05, 0.1) is 12.6 Å². The van der Waals surface area contributed by atoms with Gasteiger partial charge in [-0.05, 0) is 45.4 Å². The molecule has 0 radical (unpaired) electrons. The summed E-state index contributed by atoms with van der Waals surface area (Å²) >= 11 is 0. The quantitative estimate of drug-likeness (QED) is 0.840. The van der Waals surface area contributed by atoms with Gasteiger partial charge >= 0.3 is 0 Å². The molecule has 0 heterocycles. The Hall–Kier alpha value is -1.46. The van der Waals surface area contributed by atoms with E-state index in [2.05, 4.69) is 5.32 Å². The van der Waals surface area contributed by atoms with Crippen LogP contribution in [0.3, 0.4) is 0 Å². The summed E-state index contributed by atoms with van der Waals surface area (Å²) in [5.74, 6) is -0.560. The third-order valence-electron chi connectivity index (χ3n) is 3.03. The molecule has 2 N–H and O–H groups in total. The Morgan fingerprint density at radius 1 is 1.40 bits per heavy atom. The summed E-state index contributed by atoms with van der Waals surface area (Å²) in [6, 6.07) is 4.75. The van der Waals surface area contributed by atoms with Crippen LogP contribution in [-0.4, -0.2) is 41.1 Å². The van der Waals surface area contributed by atoms with Crippen LogP contribution in [0, 0.1) is 12.7 Å². The average Bonchev–Trinajstić information content (AvgIpc) is 2.32. The van der Waals surface area contributed by atoms with Gasteiger partial charge in [0.1, 0.15) is 5.82 Å². The first-order valence-electron chi connectivity index (χ1n) is 6.77. The van der Waals surface area contributed by atoms with E-state index in [0.29, 0.717) is 17.8 Å². The molecule has 4 nitrogen and oxygen atoms in total. The molecule has 5 heteroatoms. The Balaban J connectivity index is 2.63. The third kappa shape index (κ3) is 5.27. The first-order chi connectivity index (χ1) is 9.29. The first-order valence-corrected chi connectivity index (χ1v) is 6.77. The lowest BCUT2D eigenvalue weighted by molar-refractivity contribution is -0.118. The number of amides is 1. The van der Waals surface area contributed by atoms with E-state index in [9.17, 15) is 14.3 Å². The lowest BCUT2D eigenvalue weighted by atomic mass is 10.2. The van der Waals surface area contributed by atoms with Gasteiger partial charge in [0.25, 0.3) is 0 Å². The molecule has 1 amide bonds. The summed E-state index contributed by atoms with van der Waals surface area (Å²) < 4.78 is 13.4. The Kier molecular flexibility index (Phi) is 6.10. The number of nitrogens with zero attached hydrogens (tertiary/aromatic N) is 1. The molecule has 112 valence electrons. The lowest BCUT2D eigenvalue weighted by Crippen LogP contribution is -2.41. The fraction of sp³-hybridized carbons (Fsp3) is 0.533. The molecule has 1 unspecified atom stereocenters. The second-order valence-corrected chi connectivity index (χ2v) is 5.38. The van der Waals surface area contributed by atoms with Crippen LogP contribution in [0.25, 0.3) is 0 Å². The van der Waals surface area contributed by atoms with Gasteiger partial charge in [-0.15, -0.1) is 0 Å². The molecule has 0 saturated heterocycles. The van der Waals surface area contributed by atoms with Crippen LogP contribution in [0.1, 0.15) is 26.3 Å². The third-order valence-corrected chi connectivity index (χ3v) is 3.03. The SMILES string of the molecule is Cc1ccc(NC(=O)CN(CC(C)O)C(C)C)cc1F. The predicted octanol–water partition coefficient (Wildman–Crippen LogP) is 2.16. The van der Waals surface area contributed by atoms with Gasteiger partial charge in [-0.3, -0.25) is 9.69 Å². The minimum atomic E-state index is -0.498. The lowest BCUT2D eigenvalue weighted by Gasteiger charge is -2.26. The molecule has 0 aliphatic carbocycles. The van der Waals surface area contributed by atoms with Crippen LogP contribution in [-0.2, 0) is 4.79 Å². The van der Waals surface area contributed by atoms with E-state index < -0.39 is 6.10 Å². The molecule has 1 aromatic rings. The summed E-state index contributed by atoms with van der Waals surface area (Å²) in [6.45, 7) is 7.86. The molecular weight excluding hydrogens is 259 g/mol. The number of carbonyl (C=O) groups excluding carboxylic acids is 1. The van der Waals surface area contributed by atoms with E-state index in [1.165, 1.54) is 6.07 Å². The zero-order valence-corrected chi connectivity index (χ0v) is 12.5. The van der Waals surface area contributed by atoms with E-state index in [1.807, 2.05) is 18.7 Å². The van der Waals surface area contributed by atoms with Crippen molar-refractivity contribution in [2.24, 2.45) is 0 Å². The van der Waals surface area contributed by atoms with Crippen molar-refractivity contribution in [2.75, 3.05) is 18.4 Å². The van der Waals surface area contributed by atoms with Crippen LogP contribution in [0.4, 0.5) is 10.1 Å². The number of aliphatic hydroxyl groups excluding tert-OH is 1. The topological polar surface area (TPSA) is 52.6 Å². The summed E-state index contributed by atoms with van der Waals surface area (Å²) in [5, 5.41) is 12.1. The maximum Gasteiger partial charge on any atom is 0.238 e. The van der Waals surface area contributed by atoms with Gasteiger partial charge in [-0.2, -0.15) is 0 Å². The number of nitrogens with one attached hydrogen (secondary N) is 1. The van der Waals surface area contributed by atoms with Crippen LogP contribution >= 0.6 is 0 Å². The molecule has 0 bridgehead atoms. The largest absolute Gasteiger partial charge is 0.392 e. The van der Waals surface area contributed by atoms with Crippen LogP contribution in [0.15, 0.2) is 18.2 Å². The fourth-order valence-corrected chi connectivity index (χ4v) is 1.85. The predicted molar refractivity (Wildman–Crippen MR) is 78.2 cm³/mol. The Morgan fingerprint density at radius 2 is 2.05 bits per heavy atom. The number of hydrogen-bond acceptors (Lipinski definition) is 3. The van der Waals surface area contributed by atoms with E-state index in [1.54, 1.807) is 26.0 Å². The number of aliphatic hydroxyl groups is 1. The molecule has 0 aromatic heterocycles. The number of rotatable bonds is 6. The summed E-state index contributed by atoms with van der Waals surface area (Å²) in [6.07, 6.45) is -0.498. The standard InChI is InChI=1S/C15H23FN2O2/c1-10(2)18(8-12(4)19)9-15(20)17-13-6-5-11(3)14(16)7-13/h5-7,10,12,19H,8-9H2,1-4H3,(H,17,20). The Labute approximate surface area is 119 Å². The number of carbonyl (C=O) groups is 1. The smallest absolute Gasteiger partial charge is 0.238 e. The molecule has 0 spiro atoms. The van der Waals surface area contributed by atoms with Gasteiger partial charge in [0.2, 0.25) is 5.91 Å². The van der Waals surface area contributed by atoms with Gasteiger partial charge in [0, 0.05) is 18.3 Å². The zero-order chi connectivity index (χ0) is 15.3. The molecule has 1 aromatic carbocycles. The zero-order valence-electron chi connectivity index (χ0n) is 12.5. The van der Waals surface area contributed by atoms with Crippen molar-refractivity contribution in [2.45, 2.75) is 39.8 Å². The summed E-state index contributed by atoms with van der Waals surface area (Å²) in [4.78, 5) is 13.8. The molecule has 0 aliphatic heterocycles. The molecule has 0 fully saturated rings. The van der Waals surface area contributed by atoms with Crippen molar-refractivity contribution in [1.29, 1.82) is 0 Å².